The fourth-order valence-electron chi connectivity index (χ4n) is 1.19. The van der Waals surface area contributed by atoms with E-state index in [1.807, 2.05) is 0 Å². The van der Waals surface area contributed by atoms with Gasteiger partial charge in [0.1, 0.15) is 5.69 Å². The quantitative estimate of drug-likeness (QED) is 0.540. The van der Waals surface area contributed by atoms with Gasteiger partial charge in [-0.1, -0.05) is 6.07 Å². The van der Waals surface area contributed by atoms with Crippen LogP contribution in [0.2, 0.25) is 0 Å². The van der Waals surface area contributed by atoms with Crippen LogP contribution < -0.4 is 4.90 Å². The number of rotatable bonds is 2. The fraction of sp³-hybridized carbons (Fsp3) is 0.333. The number of nitro benzene ring substituents is 1. The highest BCUT2D eigenvalue weighted by molar-refractivity contribution is 5.64. The number of benzene rings is 1. The van der Waals surface area contributed by atoms with Gasteiger partial charge in [0.25, 0.3) is 0 Å². The Hall–Kier alpha value is -1.65. The number of hydrogen-bond donors (Lipinski definition) is 0. The highest BCUT2D eigenvalue weighted by atomic mass is 19.1. The predicted octanol–water partition coefficient (Wildman–Crippen LogP) is 2.11. The van der Waals surface area contributed by atoms with Crippen molar-refractivity contribution in [1.82, 2.24) is 0 Å². The zero-order chi connectivity index (χ0) is 10.9. The summed E-state index contributed by atoms with van der Waals surface area (Å²) in [4.78, 5) is 11.5. The van der Waals surface area contributed by atoms with E-state index >= 15 is 0 Å². The molecule has 1 rings (SSSR count). The van der Waals surface area contributed by atoms with Crippen molar-refractivity contribution >= 4 is 11.4 Å². The van der Waals surface area contributed by atoms with Gasteiger partial charge < -0.3 is 4.90 Å². The highest BCUT2D eigenvalue weighted by Crippen LogP contribution is 2.31. The molecule has 0 aliphatic rings. The number of nitro groups is 1. The lowest BCUT2D eigenvalue weighted by atomic mass is 10.1. The molecule has 76 valence electrons. The second-order valence-electron chi connectivity index (χ2n) is 3.22. The average molecular weight is 198 g/mol. The van der Waals surface area contributed by atoms with Gasteiger partial charge in [0.05, 0.1) is 4.92 Å². The third kappa shape index (κ3) is 1.66. The molecule has 0 amide bonds. The summed E-state index contributed by atoms with van der Waals surface area (Å²) in [6, 6.07) is 3.06. The number of halogens is 1. The molecule has 0 aliphatic carbocycles. The van der Waals surface area contributed by atoms with Gasteiger partial charge >= 0.3 is 5.69 Å². The Labute approximate surface area is 81.1 Å². The monoisotopic (exact) mass is 198 g/mol. The minimum absolute atomic E-state index is 0.276. The largest absolute Gasteiger partial charge is 0.372 e. The van der Waals surface area contributed by atoms with Crippen molar-refractivity contribution in [2.75, 3.05) is 19.0 Å². The smallest absolute Gasteiger partial charge is 0.328 e. The minimum atomic E-state index is -0.763. The van der Waals surface area contributed by atoms with E-state index in [1.165, 1.54) is 24.0 Å². The molecule has 0 unspecified atom stereocenters. The zero-order valence-electron chi connectivity index (χ0n) is 8.24. The first-order valence-corrected chi connectivity index (χ1v) is 4.06. The molecule has 0 aromatic heterocycles. The summed E-state index contributed by atoms with van der Waals surface area (Å²) in [5, 5.41) is 10.6. The molecular weight excluding hydrogens is 187 g/mol. The van der Waals surface area contributed by atoms with Crippen LogP contribution in [-0.4, -0.2) is 19.0 Å². The Balaban J connectivity index is 3.45. The van der Waals surface area contributed by atoms with E-state index in [-0.39, 0.29) is 11.3 Å². The topological polar surface area (TPSA) is 46.4 Å². The maximum absolute atomic E-state index is 13.4. The van der Waals surface area contributed by atoms with Gasteiger partial charge in [0.2, 0.25) is 5.82 Å². The Bertz CT molecular complexity index is 377. The second kappa shape index (κ2) is 3.61. The van der Waals surface area contributed by atoms with Crippen molar-refractivity contribution in [2.24, 2.45) is 0 Å². The summed E-state index contributed by atoms with van der Waals surface area (Å²) in [6.07, 6.45) is 0. The summed E-state index contributed by atoms with van der Waals surface area (Å²) < 4.78 is 13.4. The van der Waals surface area contributed by atoms with E-state index in [2.05, 4.69) is 0 Å². The third-order valence-corrected chi connectivity index (χ3v) is 1.95. The summed E-state index contributed by atoms with van der Waals surface area (Å²) >= 11 is 0. The first-order valence-electron chi connectivity index (χ1n) is 4.06. The van der Waals surface area contributed by atoms with E-state index in [0.29, 0.717) is 0 Å². The molecular formula is C9H11FN2O2. The minimum Gasteiger partial charge on any atom is -0.372 e. The zero-order valence-corrected chi connectivity index (χ0v) is 8.24. The van der Waals surface area contributed by atoms with E-state index in [9.17, 15) is 14.5 Å². The normalized spacial score (nSPS) is 10.0. The van der Waals surface area contributed by atoms with Gasteiger partial charge in [-0.05, 0) is 18.6 Å². The average Bonchev–Trinajstić information content (AvgIpc) is 2.08. The van der Waals surface area contributed by atoms with Crippen molar-refractivity contribution in [3.63, 3.8) is 0 Å². The van der Waals surface area contributed by atoms with Crippen LogP contribution >= 0.6 is 0 Å². The first-order chi connectivity index (χ1) is 6.45. The van der Waals surface area contributed by atoms with E-state index in [1.54, 1.807) is 14.1 Å². The number of hydrogen-bond acceptors (Lipinski definition) is 3. The predicted molar refractivity (Wildman–Crippen MR) is 52.1 cm³/mol. The van der Waals surface area contributed by atoms with Crippen LogP contribution in [0, 0.1) is 22.9 Å². The Morgan fingerprint density at radius 3 is 2.43 bits per heavy atom. The molecule has 4 nitrogen and oxygen atoms in total. The number of anilines is 1. The third-order valence-electron chi connectivity index (χ3n) is 1.95. The van der Waals surface area contributed by atoms with Crippen LogP contribution in [0.4, 0.5) is 15.8 Å². The maximum atomic E-state index is 13.4. The van der Waals surface area contributed by atoms with E-state index in [0.717, 1.165) is 0 Å². The van der Waals surface area contributed by atoms with Crippen LogP contribution in [0.3, 0.4) is 0 Å². The molecule has 0 saturated carbocycles. The van der Waals surface area contributed by atoms with Crippen LogP contribution in [0.25, 0.3) is 0 Å². The standard InChI is InChI=1S/C9H11FN2O2/c1-6-4-5-7(11(2)3)9(8(6)10)12(13)14/h4-5H,1-3H3. The number of aryl methyl sites for hydroxylation is 1. The molecule has 5 heteroatoms. The van der Waals surface area contributed by atoms with Crippen molar-refractivity contribution in [2.45, 2.75) is 6.92 Å². The molecule has 0 saturated heterocycles. The van der Waals surface area contributed by atoms with Gasteiger partial charge in [-0.25, -0.2) is 0 Å². The molecule has 0 spiro atoms. The van der Waals surface area contributed by atoms with Crippen LogP contribution in [-0.2, 0) is 0 Å². The summed E-state index contributed by atoms with van der Waals surface area (Å²) in [5.41, 5.74) is 0.0930. The van der Waals surface area contributed by atoms with E-state index in [4.69, 9.17) is 0 Å². The molecule has 0 fully saturated rings. The fourth-order valence-corrected chi connectivity index (χ4v) is 1.19. The summed E-state index contributed by atoms with van der Waals surface area (Å²) in [6.45, 7) is 1.50. The SMILES string of the molecule is Cc1ccc(N(C)C)c([N+](=O)[O-])c1F. The van der Waals surface area contributed by atoms with Crippen molar-refractivity contribution in [3.05, 3.63) is 33.6 Å². The van der Waals surface area contributed by atoms with Crippen molar-refractivity contribution in [3.8, 4) is 0 Å². The summed E-state index contributed by atoms with van der Waals surface area (Å²) in [7, 11) is 3.27. The summed E-state index contributed by atoms with van der Waals surface area (Å²) in [5.74, 6) is -0.763. The van der Waals surface area contributed by atoms with Crippen molar-refractivity contribution < 1.29 is 9.31 Å². The maximum Gasteiger partial charge on any atom is 0.328 e. The Kier molecular flexibility index (Phi) is 2.69. The van der Waals surface area contributed by atoms with Gasteiger partial charge in [-0.3, -0.25) is 10.1 Å². The molecule has 0 N–H and O–H groups in total. The molecule has 0 radical (unpaired) electrons. The Morgan fingerprint density at radius 2 is 2.00 bits per heavy atom. The molecule has 0 bridgehead atoms. The van der Waals surface area contributed by atoms with Crippen LogP contribution in [0.5, 0.6) is 0 Å². The van der Waals surface area contributed by atoms with E-state index < -0.39 is 16.4 Å². The first kappa shape index (κ1) is 10.4. The molecule has 0 heterocycles. The molecule has 1 aromatic rings. The van der Waals surface area contributed by atoms with Gasteiger partial charge in [0.15, 0.2) is 0 Å². The lowest BCUT2D eigenvalue weighted by molar-refractivity contribution is -0.386. The molecule has 0 aliphatic heterocycles. The molecule has 14 heavy (non-hydrogen) atoms. The lowest BCUT2D eigenvalue weighted by Gasteiger charge is -2.13. The second-order valence-corrected chi connectivity index (χ2v) is 3.22. The van der Waals surface area contributed by atoms with Gasteiger partial charge in [-0.15, -0.1) is 0 Å². The van der Waals surface area contributed by atoms with Crippen LogP contribution in [0.1, 0.15) is 5.56 Å². The number of nitrogens with zero attached hydrogens (tertiary/aromatic N) is 2. The van der Waals surface area contributed by atoms with Gasteiger partial charge in [-0.2, -0.15) is 4.39 Å². The molecule has 1 aromatic carbocycles. The van der Waals surface area contributed by atoms with Gasteiger partial charge in [0, 0.05) is 14.1 Å². The van der Waals surface area contributed by atoms with Crippen molar-refractivity contribution in [1.29, 1.82) is 0 Å². The lowest BCUT2D eigenvalue weighted by Crippen LogP contribution is -2.12. The highest BCUT2D eigenvalue weighted by Gasteiger charge is 2.22. The Morgan fingerprint density at radius 1 is 1.43 bits per heavy atom. The molecule has 0 atom stereocenters. The van der Waals surface area contributed by atoms with Crippen LogP contribution in [0.15, 0.2) is 12.1 Å².